The summed E-state index contributed by atoms with van der Waals surface area (Å²) < 4.78 is 10.5. The lowest BCUT2D eigenvalue weighted by Crippen LogP contribution is -1.91. The molecule has 2 rings (SSSR count). The molecule has 2 aromatic rings. The van der Waals surface area contributed by atoms with E-state index in [0.29, 0.717) is 17.3 Å². The zero-order valence-electron chi connectivity index (χ0n) is 8.65. The molecule has 0 saturated carbocycles. The van der Waals surface area contributed by atoms with Crippen molar-refractivity contribution < 1.29 is 9.15 Å². The first kappa shape index (κ1) is 9.58. The Bertz CT molecular complexity index is 477. The van der Waals surface area contributed by atoms with Crippen LogP contribution < -0.4 is 10.5 Å². The number of nitrogens with two attached hydrogens (primary N) is 1. The van der Waals surface area contributed by atoms with Crippen molar-refractivity contribution in [2.75, 3.05) is 12.8 Å². The van der Waals surface area contributed by atoms with Crippen molar-refractivity contribution in [1.29, 1.82) is 0 Å². The summed E-state index contributed by atoms with van der Waals surface area (Å²) in [4.78, 5) is 4.23. The van der Waals surface area contributed by atoms with Crippen molar-refractivity contribution in [3.63, 3.8) is 0 Å². The maximum atomic E-state index is 5.70. The normalized spacial score (nSPS) is 10.3. The molecule has 0 unspecified atom stereocenters. The van der Waals surface area contributed by atoms with Crippen LogP contribution in [0.3, 0.4) is 0 Å². The van der Waals surface area contributed by atoms with Crippen molar-refractivity contribution in [3.8, 4) is 17.2 Å². The Kier molecular flexibility index (Phi) is 2.33. The summed E-state index contributed by atoms with van der Waals surface area (Å²) >= 11 is 0. The van der Waals surface area contributed by atoms with E-state index in [2.05, 4.69) is 4.98 Å². The van der Waals surface area contributed by atoms with Gasteiger partial charge in [-0.05, 0) is 25.1 Å². The van der Waals surface area contributed by atoms with Crippen molar-refractivity contribution >= 4 is 5.69 Å². The minimum Gasteiger partial charge on any atom is -0.496 e. The van der Waals surface area contributed by atoms with Crippen molar-refractivity contribution in [1.82, 2.24) is 4.98 Å². The summed E-state index contributed by atoms with van der Waals surface area (Å²) in [6.45, 7) is 1.87. The van der Waals surface area contributed by atoms with Gasteiger partial charge in [0.2, 0.25) is 5.89 Å². The predicted molar refractivity (Wildman–Crippen MR) is 57.6 cm³/mol. The molecule has 1 aromatic heterocycles. The summed E-state index contributed by atoms with van der Waals surface area (Å²) in [5.74, 6) is 1.22. The molecule has 0 saturated heterocycles. The van der Waals surface area contributed by atoms with E-state index in [-0.39, 0.29) is 0 Å². The van der Waals surface area contributed by atoms with Gasteiger partial charge in [0.1, 0.15) is 12.0 Å². The van der Waals surface area contributed by atoms with Gasteiger partial charge in [0, 0.05) is 5.69 Å². The van der Waals surface area contributed by atoms with Gasteiger partial charge < -0.3 is 14.9 Å². The quantitative estimate of drug-likeness (QED) is 0.762. The first-order valence-electron chi connectivity index (χ1n) is 4.56. The Hall–Kier alpha value is -1.97. The minimum absolute atomic E-state index is 0.525. The second kappa shape index (κ2) is 3.65. The van der Waals surface area contributed by atoms with Crippen LogP contribution in [-0.2, 0) is 0 Å². The molecule has 0 spiro atoms. The van der Waals surface area contributed by atoms with Gasteiger partial charge in [-0.3, -0.25) is 0 Å². The molecule has 0 bridgehead atoms. The zero-order chi connectivity index (χ0) is 10.8. The summed E-state index contributed by atoms with van der Waals surface area (Å²) in [6, 6.07) is 5.35. The molecule has 1 aromatic carbocycles. The van der Waals surface area contributed by atoms with Crippen LogP contribution in [0.15, 0.2) is 28.9 Å². The summed E-state index contributed by atoms with van der Waals surface area (Å²) in [5, 5.41) is 0. The number of aryl methyl sites for hydroxylation is 1. The average molecular weight is 204 g/mol. The van der Waals surface area contributed by atoms with Crippen LogP contribution in [0.25, 0.3) is 11.5 Å². The lowest BCUT2D eigenvalue weighted by Gasteiger charge is -2.05. The van der Waals surface area contributed by atoms with E-state index in [1.54, 1.807) is 31.6 Å². The van der Waals surface area contributed by atoms with Gasteiger partial charge in [0.15, 0.2) is 0 Å². The Morgan fingerprint density at radius 3 is 2.80 bits per heavy atom. The number of hydrogen-bond acceptors (Lipinski definition) is 4. The maximum Gasteiger partial charge on any atom is 0.229 e. The number of oxazole rings is 1. The first-order chi connectivity index (χ1) is 7.20. The van der Waals surface area contributed by atoms with Gasteiger partial charge in [-0.1, -0.05) is 0 Å². The van der Waals surface area contributed by atoms with E-state index in [1.165, 1.54) is 0 Å². The maximum absolute atomic E-state index is 5.70. The molecule has 4 nitrogen and oxygen atoms in total. The highest BCUT2D eigenvalue weighted by atomic mass is 16.5. The topological polar surface area (TPSA) is 61.3 Å². The van der Waals surface area contributed by atoms with Gasteiger partial charge >= 0.3 is 0 Å². The highest BCUT2D eigenvalue weighted by Gasteiger charge is 2.11. The number of nitrogens with zero attached hydrogens (tertiary/aromatic N) is 1. The molecule has 78 valence electrons. The fraction of sp³-hybridized carbons (Fsp3) is 0.182. The lowest BCUT2D eigenvalue weighted by atomic mass is 10.2. The molecule has 0 fully saturated rings. The SMILES string of the molecule is COc1ccc(N)cc1-c1nc(C)co1. The van der Waals surface area contributed by atoms with Crippen LogP contribution >= 0.6 is 0 Å². The molecule has 0 atom stereocenters. The molecule has 15 heavy (non-hydrogen) atoms. The monoisotopic (exact) mass is 204 g/mol. The van der Waals surface area contributed by atoms with Crippen molar-refractivity contribution in [3.05, 3.63) is 30.2 Å². The number of benzene rings is 1. The molecular weight excluding hydrogens is 192 g/mol. The fourth-order valence-corrected chi connectivity index (χ4v) is 1.37. The Morgan fingerprint density at radius 1 is 1.40 bits per heavy atom. The van der Waals surface area contributed by atoms with E-state index in [4.69, 9.17) is 14.9 Å². The Morgan fingerprint density at radius 2 is 2.20 bits per heavy atom. The molecule has 1 heterocycles. The number of hydrogen-bond donors (Lipinski definition) is 1. The molecule has 0 aliphatic rings. The highest BCUT2D eigenvalue weighted by Crippen LogP contribution is 2.30. The van der Waals surface area contributed by atoms with Crippen LogP contribution in [0, 0.1) is 6.92 Å². The zero-order valence-corrected chi connectivity index (χ0v) is 8.65. The van der Waals surface area contributed by atoms with Gasteiger partial charge in [-0.2, -0.15) is 0 Å². The lowest BCUT2D eigenvalue weighted by molar-refractivity contribution is 0.414. The van der Waals surface area contributed by atoms with Gasteiger partial charge in [0.25, 0.3) is 0 Å². The smallest absolute Gasteiger partial charge is 0.229 e. The van der Waals surface area contributed by atoms with Crippen LogP contribution in [0.5, 0.6) is 5.75 Å². The molecule has 0 aliphatic carbocycles. The number of rotatable bonds is 2. The van der Waals surface area contributed by atoms with Crippen LogP contribution in [0.4, 0.5) is 5.69 Å². The molecule has 0 aliphatic heterocycles. The second-order valence-electron chi connectivity index (χ2n) is 3.25. The molecule has 4 heteroatoms. The largest absolute Gasteiger partial charge is 0.496 e. The van der Waals surface area contributed by atoms with E-state index in [1.807, 2.05) is 6.92 Å². The number of ether oxygens (including phenoxy) is 1. The number of aromatic nitrogens is 1. The van der Waals surface area contributed by atoms with Crippen LogP contribution in [0.2, 0.25) is 0 Å². The molecule has 0 radical (unpaired) electrons. The summed E-state index contributed by atoms with van der Waals surface area (Å²) in [7, 11) is 1.60. The predicted octanol–water partition coefficient (Wildman–Crippen LogP) is 2.24. The van der Waals surface area contributed by atoms with E-state index in [9.17, 15) is 0 Å². The standard InChI is InChI=1S/C11H12N2O2/c1-7-6-15-11(13-7)9-5-8(12)3-4-10(9)14-2/h3-6H,12H2,1-2H3. The number of methoxy groups -OCH3 is 1. The average Bonchev–Trinajstić information content (AvgIpc) is 2.65. The second-order valence-corrected chi connectivity index (χ2v) is 3.25. The third kappa shape index (κ3) is 1.79. The van der Waals surface area contributed by atoms with E-state index < -0.39 is 0 Å². The minimum atomic E-state index is 0.525. The number of anilines is 1. The van der Waals surface area contributed by atoms with Crippen molar-refractivity contribution in [2.24, 2.45) is 0 Å². The Labute approximate surface area is 87.7 Å². The first-order valence-corrected chi connectivity index (χ1v) is 4.56. The molecule has 0 amide bonds. The third-order valence-corrected chi connectivity index (χ3v) is 2.07. The van der Waals surface area contributed by atoms with Gasteiger partial charge in [-0.25, -0.2) is 4.98 Å². The fourth-order valence-electron chi connectivity index (χ4n) is 1.37. The van der Waals surface area contributed by atoms with Gasteiger partial charge in [-0.15, -0.1) is 0 Å². The summed E-state index contributed by atoms with van der Waals surface area (Å²) in [6.07, 6.45) is 1.60. The highest BCUT2D eigenvalue weighted by molar-refractivity contribution is 5.67. The van der Waals surface area contributed by atoms with E-state index in [0.717, 1.165) is 11.3 Å². The van der Waals surface area contributed by atoms with Gasteiger partial charge in [0.05, 0.1) is 18.4 Å². The molecular formula is C11H12N2O2. The van der Waals surface area contributed by atoms with Crippen LogP contribution in [0.1, 0.15) is 5.69 Å². The Balaban J connectivity index is 2.55. The molecule has 2 N–H and O–H groups in total. The van der Waals surface area contributed by atoms with Crippen LogP contribution in [-0.4, -0.2) is 12.1 Å². The van der Waals surface area contributed by atoms with E-state index >= 15 is 0 Å². The number of nitrogen functional groups attached to an aromatic ring is 1. The van der Waals surface area contributed by atoms with Crippen molar-refractivity contribution in [2.45, 2.75) is 6.92 Å². The summed E-state index contributed by atoms with van der Waals surface area (Å²) in [5.41, 5.74) is 7.95. The third-order valence-electron chi connectivity index (χ3n) is 2.07.